The van der Waals surface area contributed by atoms with Crippen molar-refractivity contribution in [3.63, 3.8) is 0 Å². The fourth-order valence-corrected chi connectivity index (χ4v) is 7.41. The Morgan fingerprint density at radius 3 is 2.07 bits per heavy atom. The highest BCUT2D eigenvalue weighted by Crippen LogP contribution is 2.46. The number of carbonyl (C=O) groups excluding carboxylic acids is 1. The lowest BCUT2D eigenvalue weighted by molar-refractivity contribution is 0.0927. The molecule has 2 saturated heterocycles. The molecule has 0 saturated carbocycles. The lowest BCUT2D eigenvalue weighted by Crippen LogP contribution is -2.52. The van der Waals surface area contributed by atoms with E-state index in [1.165, 1.54) is 32.4 Å². The van der Waals surface area contributed by atoms with Crippen molar-refractivity contribution in [3.05, 3.63) is 92.4 Å². The summed E-state index contributed by atoms with van der Waals surface area (Å²) in [5, 5.41) is 0. The Hall–Kier alpha value is -2.88. The van der Waals surface area contributed by atoms with Crippen molar-refractivity contribution in [2.45, 2.75) is 70.2 Å². The molecule has 2 atom stereocenters. The van der Waals surface area contributed by atoms with Gasteiger partial charge in [0.25, 0.3) is 0 Å². The number of nitrogens with zero attached hydrogens (tertiary/aromatic N) is 4. The SMILES string of the molecule is COc1ccc(C2=NC(c3ccc(Br)cc3)C(c3ccc(Br)cc3)N2C(=O)N2CCC(N3CCCCC3)CC2)c(OC(C)C)c1. The first kappa shape index (κ1) is 32.1. The number of rotatable bonds is 7. The third-order valence-electron chi connectivity index (χ3n) is 9.13. The second-order valence-corrected chi connectivity index (χ2v) is 14.3. The second-order valence-electron chi connectivity index (χ2n) is 12.4. The molecule has 0 radical (unpaired) electrons. The van der Waals surface area contributed by atoms with Crippen LogP contribution in [0.25, 0.3) is 0 Å². The van der Waals surface area contributed by atoms with Crippen molar-refractivity contribution in [1.29, 1.82) is 0 Å². The van der Waals surface area contributed by atoms with Gasteiger partial charge >= 0.3 is 6.03 Å². The van der Waals surface area contributed by atoms with Crippen LogP contribution in [0.5, 0.6) is 11.5 Å². The Balaban J connectivity index is 1.42. The van der Waals surface area contributed by atoms with Crippen molar-refractivity contribution in [2.24, 2.45) is 4.99 Å². The summed E-state index contributed by atoms with van der Waals surface area (Å²) in [6.45, 7) is 7.83. The molecule has 2 unspecified atom stereocenters. The van der Waals surface area contributed by atoms with Crippen molar-refractivity contribution in [2.75, 3.05) is 33.3 Å². The number of hydrogen-bond acceptors (Lipinski definition) is 5. The van der Waals surface area contributed by atoms with E-state index in [0.717, 1.165) is 51.6 Å². The molecular formula is C36H42Br2N4O3. The summed E-state index contributed by atoms with van der Waals surface area (Å²) in [7, 11) is 1.65. The van der Waals surface area contributed by atoms with Crippen LogP contribution in [-0.4, -0.2) is 72.0 Å². The molecule has 3 aliphatic rings. The zero-order chi connectivity index (χ0) is 31.5. The van der Waals surface area contributed by atoms with Crippen LogP contribution in [-0.2, 0) is 0 Å². The van der Waals surface area contributed by atoms with Crippen LogP contribution >= 0.6 is 31.9 Å². The maximum absolute atomic E-state index is 14.9. The molecule has 6 rings (SSSR count). The van der Waals surface area contributed by atoms with E-state index < -0.39 is 0 Å². The predicted molar refractivity (Wildman–Crippen MR) is 186 cm³/mol. The first-order valence-electron chi connectivity index (χ1n) is 16.1. The number of amidine groups is 1. The van der Waals surface area contributed by atoms with Crippen molar-refractivity contribution in [3.8, 4) is 11.5 Å². The number of halogens is 2. The number of methoxy groups -OCH3 is 1. The maximum atomic E-state index is 14.9. The Morgan fingerprint density at radius 1 is 0.844 bits per heavy atom. The lowest BCUT2D eigenvalue weighted by Gasteiger charge is -2.42. The van der Waals surface area contributed by atoms with Gasteiger partial charge in [0, 0.05) is 34.1 Å². The van der Waals surface area contributed by atoms with Gasteiger partial charge in [-0.15, -0.1) is 0 Å². The van der Waals surface area contributed by atoms with Crippen LogP contribution in [0, 0.1) is 0 Å². The van der Waals surface area contributed by atoms with Gasteiger partial charge in [-0.05, 0) is 100 Å². The second kappa shape index (κ2) is 14.3. The number of carbonyl (C=O) groups is 1. The van der Waals surface area contributed by atoms with E-state index in [2.05, 4.69) is 61.0 Å². The minimum atomic E-state index is -0.337. The molecule has 7 nitrogen and oxygen atoms in total. The maximum Gasteiger partial charge on any atom is 0.326 e. The van der Waals surface area contributed by atoms with Gasteiger partial charge in [-0.25, -0.2) is 4.79 Å². The summed E-state index contributed by atoms with van der Waals surface area (Å²) in [6.07, 6.45) is 5.81. The largest absolute Gasteiger partial charge is 0.497 e. The summed E-state index contributed by atoms with van der Waals surface area (Å²) >= 11 is 7.20. The van der Waals surface area contributed by atoms with Crippen LogP contribution in [0.1, 0.15) is 74.7 Å². The van der Waals surface area contributed by atoms with E-state index in [4.69, 9.17) is 14.5 Å². The van der Waals surface area contributed by atoms with Gasteiger partial charge in [0.2, 0.25) is 0 Å². The van der Waals surface area contributed by atoms with E-state index in [9.17, 15) is 4.79 Å². The average Bonchev–Trinajstić information content (AvgIpc) is 3.45. The van der Waals surface area contributed by atoms with Crippen molar-refractivity contribution >= 4 is 43.7 Å². The van der Waals surface area contributed by atoms with Gasteiger partial charge in [-0.2, -0.15) is 0 Å². The fourth-order valence-electron chi connectivity index (χ4n) is 6.88. The number of likely N-dealkylation sites (tertiary alicyclic amines) is 2. The number of benzene rings is 3. The van der Waals surface area contributed by atoms with E-state index in [0.29, 0.717) is 23.4 Å². The van der Waals surface area contributed by atoms with Gasteiger partial charge in [0.15, 0.2) is 0 Å². The third-order valence-corrected chi connectivity index (χ3v) is 10.2. The minimum absolute atomic E-state index is 0.00955. The molecule has 0 spiro atoms. The first-order chi connectivity index (χ1) is 21.8. The molecule has 2 amide bonds. The highest BCUT2D eigenvalue weighted by Gasteiger charge is 2.45. The smallest absolute Gasteiger partial charge is 0.326 e. The summed E-state index contributed by atoms with van der Waals surface area (Å²) < 4.78 is 13.9. The molecule has 238 valence electrons. The van der Waals surface area contributed by atoms with Crippen LogP contribution in [0.3, 0.4) is 0 Å². The number of aliphatic imine (C=N–C) groups is 1. The van der Waals surface area contributed by atoms with E-state index >= 15 is 0 Å². The number of amides is 2. The van der Waals surface area contributed by atoms with Crippen LogP contribution in [0.2, 0.25) is 0 Å². The topological polar surface area (TPSA) is 57.6 Å². The molecular weight excluding hydrogens is 696 g/mol. The fraction of sp³-hybridized carbons (Fsp3) is 0.444. The van der Waals surface area contributed by atoms with E-state index in [1.807, 2.05) is 66.1 Å². The van der Waals surface area contributed by atoms with Crippen molar-refractivity contribution in [1.82, 2.24) is 14.7 Å². The molecule has 3 heterocycles. The third kappa shape index (κ3) is 7.10. The highest BCUT2D eigenvalue weighted by atomic mass is 79.9. The van der Waals surface area contributed by atoms with Crippen LogP contribution in [0.4, 0.5) is 4.79 Å². The average molecular weight is 739 g/mol. The number of urea groups is 1. The summed E-state index contributed by atoms with van der Waals surface area (Å²) in [4.78, 5) is 26.9. The van der Waals surface area contributed by atoms with Crippen molar-refractivity contribution < 1.29 is 14.3 Å². The summed E-state index contributed by atoms with van der Waals surface area (Å²) in [5.41, 5.74) is 2.85. The van der Waals surface area contributed by atoms with Gasteiger partial charge in [-0.1, -0.05) is 62.5 Å². The minimum Gasteiger partial charge on any atom is -0.497 e. The monoisotopic (exact) mass is 736 g/mol. The molecule has 9 heteroatoms. The summed E-state index contributed by atoms with van der Waals surface area (Å²) in [5.74, 6) is 1.97. The lowest BCUT2D eigenvalue weighted by atomic mass is 9.93. The Morgan fingerprint density at radius 2 is 1.47 bits per heavy atom. The highest BCUT2D eigenvalue weighted by molar-refractivity contribution is 9.10. The molecule has 0 aromatic heterocycles. The Kier molecular flexibility index (Phi) is 10.2. The van der Waals surface area contributed by atoms with E-state index in [1.54, 1.807) is 7.11 Å². The normalized spacial score (nSPS) is 21.2. The molecule has 3 aliphatic heterocycles. The molecule has 45 heavy (non-hydrogen) atoms. The van der Waals surface area contributed by atoms with Gasteiger partial charge < -0.3 is 19.3 Å². The Bertz CT molecular complexity index is 1500. The first-order valence-corrected chi connectivity index (χ1v) is 17.7. The number of hydrogen-bond donors (Lipinski definition) is 0. The molecule has 3 aromatic carbocycles. The van der Waals surface area contributed by atoms with Crippen LogP contribution in [0.15, 0.2) is 80.7 Å². The zero-order valence-corrected chi connectivity index (χ0v) is 29.5. The molecule has 0 bridgehead atoms. The zero-order valence-electron chi connectivity index (χ0n) is 26.3. The van der Waals surface area contributed by atoms with Gasteiger partial charge in [0.05, 0.1) is 24.8 Å². The van der Waals surface area contributed by atoms with Gasteiger partial charge in [-0.3, -0.25) is 9.89 Å². The molecule has 3 aromatic rings. The standard InChI is InChI=1S/C36H42Br2N4O3/c1-24(2)45-32-23-30(44-3)15-16-31(32)35-39-33(25-7-11-27(37)12-8-25)34(26-9-13-28(38)14-10-26)42(35)36(43)41-21-17-29(18-22-41)40-19-5-4-6-20-40/h7-16,23-24,29,33-34H,4-6,17-22H2,1-3H3. The van der Waals surface area contributed by atoms with Crippen LogP contribution < -0.4 is 9.47 Å². The summed E-state index contributed by atoms with van der Waals surface area (Å²) in [6, 6.07) is 22.2. The molecule has 2 fully saturated rings. The van der Waals surface area contributed by atoms with Gasteiger partial charge in [0.1, 0.15) is 23.4 Å². The quantitative estimate of drug-likeness (QED) is 0.244. The molecule has 0 N–H and O–H groups in total. The van der Waals surface area contributed by atoms with E-state index in [-0.39, 0.29) is 24.2 Å². The predicted octanol–water partition coefficient (Wildman–Crippen LogP) is 8.62. The Labute approximate surface area is 283 Å². The number of ether oxygens (including phenoxy) is 2. The number of piperidine rings is 2. The molecule has 0 aliphatic carbocycles.